The molecule has 0 unspecified atom stereocenters. The van der Waals surface area contributed by atoms with Crippen molar-refractivity contribution in [1.29, 1.82) is 0 Å². The van der Waals surface area contributed by atoms with E-state index in [-0.39, 0.29) is 0 Å². The summed E-state index contributed by atoms with van der Waals surface area (Å²) < 4.78 is 2.35. The van der Waals surface area contributed by atoms with Crippen molar-refractivity contribution in [3.8, 4) is 0 Å². The molecule has 0 aliphatic heterocycles. The van der Waals surface area contributed by atoms with E-state index in [1.165, 1.54) is 31.5 Å². The van der Waals surface area contributed by atoms with Gasteiger partial charge in [0.2, 0.25) is 0 Å². The van der Waals surface area contributed by atoms with E-state index in [1.54, 1.807) is 11.8 Å². The Balaban J connectivity index is 1.66. The molecule has 2 aliphatic carbocycles. The second kappa shape index (κ2) is 4.98. The van der Waals surface area contributed by atoms with Crippen LogP contribution in [0.1, 0.15) is 49.3 Å². The third kappa shape index (κ3) is 2.62. The number of nitrogens with one attached hydrogen (secondary N) is 1. The SMILES string of the molecule is CNc1cc(Sc2nnc(C3CC3)n2C2CC2)nc(C)n1. The molecule has 2 saturated carbocycles. The molecule has 2 aromatic heterocycles. The minimum atomic E-state index is 0.602. The Morgan fingerprint density at radius 2 is 2.00 bits per heavy atom. The summed E-state index contributed by atoms with van der Waals surface area (Å²) in [7, 11) is 1.87. The Kier molecular flexibility index (Phi) is 3.10. The normalized spacial score (nSPS) is 18.0. The van der Waals surface area contributed by atoms with Gasteiger partial charge < -0.3 is 9.88 Å². The molecule has 2 heterocycles. The average Bonchev–Trinajstić information content (AvgIpc) is 3.37. The zero-order valence-corrected chi connectivity index (χ0v) is 13.0. The van der Waals surface area contributed by atoms with Gasteiger partial charge in [-0.05, 0) is 44.4 Å². The van der Waals surface area contributed by atoms with Gasteiger partial charge in [0.05, 0.1) is 0 Å². The number of rotatable bonds is 5. The van der Waals surface area contributed by atoms with E-state index >= 15 is 0 Å². The summed E-state index contributed by atoms with van der Waals surface area (Å²) >= 11 is 1.59. The molecular formula is C14H18N6S. The first-order chi connectivity index (χ1) is 10.2. The summed E-state index contributed by atoms with van der Waals surface area (Å²) in [4.78, 5) is 8.83. The van der Waals surface area contributed by atoms with Crippen LogP contribution in [-0.2, 0) is 0 Å². The molecule has 4 rings (SSSR count). The predicted molar refractivity (Wildman–Crippen MR) is 80.7 cm³/mol. The molecule has 0 saturated heterocycles. The average molecular weight is 302 g/mol. The summed E-state index contributed by atoms with van der Waals surface area (Å²) in [5.41, 5.74) is 0. The standard InChI is InChI=1S/C14H18N6S/c1-8-16-11(15-2)7-12(17-8)21-14-19-18-13(9-3-4-9)20(14)10-5-6-10/h7,9-10H,3-6H2,1-2H3,(H,15,16,17). The van der Waals surface area contributed by atoms with Crippen LogP contribution in [0.5, 0.6) is 0 Å². The highest BCUT2D eigenvalue weighted by atomic mass is 32.2. The van der Waals surface area contributed by atoms with Crippen molar-refractivity contribution < 1.29 is 0 Å². The number of hydrogen-bond acceptors (Lipinski definition) is 6. The van der Waals surface area contributed by atoms with Crippen molar-refractivity contribution in [1.82, 2.24) is 24.7 Å². The number of nitrogens with zero attached hydrogens (tertiary/aromatic N) is 5. The molecule has 2 aromatic rings. The molecule has 21 heavy (non-hydrogen) atoms. The van der Waals surface area contributed by atoms with Gasteiger partial charge in [-0.25, -0.2) is 9.97 Å². The van der Waals surface area contributed by atoms with Crippen molar-refractivity contribution in [2.75, 3.05) is 12.4 Å². The van der Waals surface area contributed by atoms with Crippen LogP contribution in [-0.4, -0.2) is 31.8 Å². The van der Waals surface area contributed by atoms with Gasteiger partial charge in [-0.3, -0.25) is 0 Å². The lowest BCUT2D eigenvalue weighted by molar-refractivity contribution is 0.626. The lowest BCUT2D eigenvalue weighted by Crippen LogP contribution is -2.02. The van der Waals surface area contributed by atoms with Crippen LogP contribution in [0.25, 0.3) is 0 Å². The van der Waals surface area contributed by atoms with E-state index < -0.39 is 0 Å². The Hall–Kier alpha value is -1.63. The van der Waals surface area contributed by atoms with E-state index in [1.807, 2.05) is 20.0 Å². The van der Waals surface area contributed by atoms with E-state index in [0.717, 1.165) is 21.8 Å². The predicted octanol–water partition coefficient (Wildman–Crippen LogP) is 2.78. The highest BCUT2D eigenvalue weighted by molar-refractivity contribution is 7.99. The highest BCUT2D eigenvalue weighted by Gasteiger charge is 2.36. The lowest BCUT2D eigenvalue weighted by Gasteiger charge is -2.08. The van der Waals surface area contributed by atoms with Crippen LogP contribution >= 0.6 is 11.8 Å². The maximum Gasteiger partial charge on any atom is 0.197 e. The Labute approximate surface area is 127 Å². The van der Waals surface area contributed by atoms with E-state index in [0.29, 0.717) is 12.0 Å². The first kappa shape index (κ1) is 13.1. The van der Waals surface area contributed by atoms with Gasteiger partial charge >= 0.3 is 0 Å². The fraction of sp³-hybridized carbons (Fsp3) is 0.571. The Morgan fingerprint density at radius 3 is 2.67 bits per heavy atom. The van der Waals surface area contributed by atoms with Crippen LogP contribution < -0.4 is 5.32 Å². The van der Waals surface area contributed by atoms with Gasteiger partial charge in [0, 0.05) is 25.1 Å². The number of hydrogen-bond donors (Lipinski definition) is 1. The molecular weight excluding hydrogens is 284 g/mol. The molecule has 2 aliphatic rings. The van der Waals surface area contributed by atoms with Crippen LogP contribution in [0.4, 0.5) is 5.82 Å². The summed E-state index contributed by atoms with van der Waals surface area (Å²) in [6.45, 7) is 1.91. The van der Waals surface area contributed by atoms with Gasteiger partial charge in [-0.2, -0.15) is 0 Å². The van der Waals surface area contributed by atoms with E-state index in [9.17, 15) is 0 Å². The molecule has 1 N–H and O–H groups in total. The summed E-state index contributed by atoms with van der Waals surface area (Å²) in [6, 6.07) is 2.56. The lowest BCUT2D eigenvalue weighted by atomic mass is 10.4. The van der Waals surface area contributed by atoms with Crippen molar-refractivity contribution in [2.24, 2.45) is 0 Å². The molecule has 7 heteroatoms. The monoisotopic (exact) mass is 302 g/mol. The topological polar surface area (TPSA) is 68.5 Å². The third-order valence-electron chi connectivity index (χ3n) is 3.81. The molecule has 6 nitrogen and oxygen atoms in total. The van der Waals surface area contributed by atoms with Crippen LogP contribution in [0.15, 0.2) is 16.2 Å². The first-order valence-corrected chi connectivity index (χ1v) is 8.22. The second-order valence-corrected chi connectivity index (χ2v) is 6.69. The summed E-state index contributed by atoms with van der Waals surface area (Å²) in [6.07, 6.45) is 5.00. The molecule has 0 aromatic carbocycles. The third-order valence-corrected chi connectivity index (χ3v) is 4.69. The molecule has 0 spiro atoms. The minimum absolute atomic E-state index is 0.602. The molecule has 2 fully saturated rings. The number of anilines is 1. The van der Waals surface area contributed by atoms with Crippen molar-refractivity contribution in [2.45, 2.75) is 54.7 Å². The van der Waals surface area contributed by atoms with Crippen LogP contribution in [0.2, 0.25) is 0 Å². The number of aromatic nitrogens is 5. The molecule has 0 amide bonds. The zero-order valence-electron chi connectivity index (χ0n) is 12.2. The minimum Gasteiger partial charge on any atom is -0.373 e. The van der Waals surface area contributed by atoms with Crippen LogP contribution in [0.3, 0.4) is 0 Å². The quantitative estimate of drug-likeness (QED) is 0.857. The largest absolute Gasteiger partial charge is 0.373 e. The fourth-order valence-corrected chi connectivity index (χ4v) is 3.43. The van der Waals surface area contributed by atoms with Crippen molar-refractivity contribution >= 4 is 17.6 Å². The van der Waals surface area contributed by atoms with E-state index in [2.05, 4.69) is 30.0 Å². The van der Waals surface area contributed by atoms with Crippen molar-refractivity contribution in [3.05, 3.63) is 17.7 Å². The molecule has 0 radical (unpaired) electrons. The molecule has 110 valence electrons. The van der Waals surface area contributed by atoms with Gasteiger partial charge in [0.15, 0.2) is 5.16 Å². The maximum absolute atomic E-state index is 4.50. The Bertz CT molecular complexity index is 674. The smallest absolute Gasteiger partial charge is 0.197 e. The number of aryl methyl sites for hydroxylation is 1. The second-order valence-electron chi connectivity index (χ2n) is 5.71. The van der Waals surface area contributed by atoms with Gasteiger partial charge in [0.1, 0.15) is 22.5 Å². The molecule has 0 bridgehead atoms. The highest BCUT2D eigenvalue weighted by Crippen LogP contribution is 2.46. The van der Waals surface area contributed by atoms with Crippen LogP contribution in [0, 0.1) is 6.92 Å². The first-order valence-electron chi connectivity index (χ1n) is 7.40. The molecule has 0 atom stereocenters. The van der Waals surface area contributed by atoms with Gasteiger partial charge in [-0.15, -0.1) is 10.2 Å². The van der Waals surface area contributed by atoms with Gasteiger partial charge in [-0.1, -0.05) is 0 Å². The summed E-state index contributed by atoms with van der Waals surface area (Å²) in [5.74, 6) is 3.42. The van der Waals surface area contributed by atoms with Gasteiger partial charge in [0.25, 0.3) is 0 Å². The fourth-order valence-electron chi connectivity index (χ4n) is 2.47. The maximum atomic E-state index is 4.50. The van der Waals surface area contributed by atoms with Crippen molar-refractivity contribution in [3.63, 3.8) is 0 Å². The van der Waals surface area contributed by atoms with E-state index in [4.69, 9.17) is 0 Å². The summed E-state index contributed by atoms with van der Waals surface area (Å²) in [5, 5.41) is 13.8. The zero-order chi connectivity index (χ0) is 14.4. The Morgan fingerprint density at radius 1 is 1.19 bits per heavy atom.